The standard InChI is InChI=1S/C27H24BrFN4O2S2/c28-23-5-1-20(2-6-23)17-32(18-22-13-15-31-16-14-22)27(36)33(19-21-3-7-24(29)8-4-21)25-9-11-26(12-10-25)37(30,34)35/h1-16H,17-19H2,(H2,30,34,35). The molecule has 3 aromatic carbocycles. The summed E-state index contributed by atoms with van der Waals surface area (Å²) >= 11 is 9.52. The monoisotopic (exact) mass is 598 g/mol. The number of nitrogens with zero attached hydrogens (tertiary/aromatic N) is 3. The van der Waals surface area contributed by atoms with Crippen molar-refractivity contribution in [2.75, 3.05) is 4.90 Å². The first kappa shape index (κ1) is 26.9. The molecule has 1 aromatic heterocycles. The predicted molar refractivity (Wildman–Crippen MR) is 151 cm³/mol. The van der Waals surface area contributed by atoms with Gasteiger partial charge in [-0.2, -0.15) is 0 Å². The summed E-state index contributed by atoms with van der Waals surface area (Å²) in [6.45, 7) is 1.40. The molecule has 10 heteroatoms. The Morgan fingerprint density at radius 3 is 1.89 bits per heavy atom. The number of rotatable bonds is 8. The number of sulfonamides is 1. The number of hydrogen-bond donors (Lipinski definition) is 1. The first-order valence-electron chi connectivity index (χ1n) is 11.3. The van der Waals surface area contributed by atoms with E-state index in [2.05, 4.69) is 25.8 Å². The van der Waals surface area contributed by atoms with Crippen molar-refractivity contribution in [3.63, 3.8) is 0 Å². The van der Waals surface area contributed by atoms with Crippen LogP contribution in [0.2, 0.25) is 0 Å². The molecule has 0 radical (unpaired) electrons. The van der Waals surface area contributed by atoms with Crippen LogP contribution in [0.25, 0.3) is 0 Å². The molecule has 0 atom stereocenters. The maximum Gasteiger partial charge on any atom is 0.238 e. The Balaban J connectivity index is 1.72. The number of aromatic nitrogens is 1. The Morgan fingerprint density at radius 1 is 0.811 bits per heavy atom. The zero-order valence-electron chi connectivity index (χ0n) is 19.7. The molecule has 0 aliphatic rings. The number of pyridine rings is 1. The van der Waals surface area contributed by atoms with Crippen LogP contribution in [-0.4, -0.2) is 23.4 Å². The van der Waals surface area contributed by atoms with Crippen molar-refractivity contribution in [3.05, 3.63) is 124 Å². The van der Waals surface area contributed by atoms with Crippen molar-refractivity contribution in [2.45, 2.75) is 24.5 Å². The van der Waals surface area contributed by atoms with Gasteiger partial charge in [0.05, 0.1) is 11.4 Å². The fourth-order valence-electron chi connectivity index (χ4n) is 3.74. The quantitative estimate of drug-likeness (QED) is 0.265. The highest BCUT2D eigenvalue weighted by Gasteiger charge is 2.21. The maximum atomic E-state index is 13.6. The van der Waals surface area contributed by atoms with Crippen molar-refractivity contribution >= 4 is 49.0 Å². The Morgan fingerprint density at radius 2 is 1.32 bits per heavy atom. The second-order valence-corrected chi connectivity index (χ2v) is 11.2. The molecule has 0 fully saturated rings. The normalized spacial score (nSPS) is 11.2. The zero-order chi connectivity index (χ0) is 26.4. The van der Waals surface area contributed by atoms with Crippen LogP contribution in [0, 0.1) is 5.82 Å². The van der Waals surface area contributed by atoms with Crippen LogP contribution in [0.1, 0.15) is 16.7 Å². The molecule has 0 bridgehead atoms. The molecule has 37 heavy (non-hydrogen) atoms. The van der Waals surface area contributed by atoms with Crippen molar-refractivity contribution < 1.29 is 12.8 Å². The van der Waals surface area contributed by atoms with Gasteiger partial charge in [0.2, 0.25) is 10.0 Å². The molecule has 6 nitrogen and oxygen atoms in total. The van der Waals surface area contributed by atoms with Crippen LogP contribution < -0.4 is 10.0 Å². The molecule has 0 saturated heterocycles. The van der Waals surface area contributed by atoms with Gasteiger partial charge in [0, 0.05) is 35.6 Å². The molecule has 0 spiro atoms. The van der Waals surface area contributed by atoms with Crippen molar-refractivity contribution in [3.8, 4) is 0 Å². The van der Waals surface area contributed by atoms with E-state index in [1.165, 1.54) is 24.3 Å². The van der Waals surface area contributed by atoms with Crippen LogP contribution in [-0.2, 0) is 29.7 Å². The molecule has 0 aliphatic heterocycles. The van der Waals surface area contributed by atoms with Gasteiger partial charge in [-0.25, -0.2) is 17.9 Å². The lowest BCUT2D eigenvalue weighted by atomic mass is 10.1. The molecule has 0 amide bonds. The van der Waals surface area contributed by atoms with Crippen LogP contribution in [0.3, 0.4) is 0 Å². The molecule has 2 N–H and O–H groups in total. The Kier molecular flexibility index (Phi) is 8.65. The summed E-state index contributed by atoms with van der Waals surface area (Å²) in [6, 6.07) is 24.3. The van der Waals surface area contributed by atoms with Crippen LogP contribution in [0.5, 0.6) is 0 Å². The maximum absolute atomic E-state index is 13.6. The van der Waals surface area contributed by atoms with Gasteiger partial charge in [0.1, 0.15) is 5.82 Å². The largest absolute Gasteiger partial charge is 0.340 e. The highest BCUT2D eigenvalue weighted by Crippen LogP contribution is 2.24. The number of benzene rings is 3. The molecule has 0 aliphatic carbocycles. The van der Waals surface area contributed by atoms with Gasteiger partial charge in [-0.05, 0) is 89.6 Å². The highest BCUT2D eigenvalue weighted by molar-refractivity contribution is 9.10. The van der Waals surface area contributed by atoms with E-state index in [0.717, 1.165) is 21.2 Å². The van der Waals surface area contributed by atoms with E-state index < -0.39 is 10.0 Å². The SMILES string of the molecule is NS(=O)(=O)c1ccc(N(Cc2ccc(F)cc2)C(=S)N(Cc2ccncc2)Cc2ccc(Br)cc2)cc1. The van der Waals surface area contributed by atoms with Crippen LogP contribution >= 0.6 is 28.1 Å². The summed E-state index contributed by atoms with van der Waals surface area (Å²) < 4.78 is 38.1. The molecular formula is C27H24BrFN4O2S2. The number of nitrogens with two attached hydrogens (primary N) is 1. The van der Waals surface area contributed by atoms with E-state index >= 15 is 0 Å². The lowest BCUT2D eigenvalue weighted by Crippen LogP contribution is -2.42. The fourth-order valence-corrected chi connectivity index (χ4v) is 4.82. The van der Waals surface area contributed by atoms with E-state index in [9.17, 15) is 12.8 Å². The van der Waals surface area contributed by atoms with Gasteiger partial charge in [-0.1, -0.05) is 40.2 Å². The number of anilines is 1. The molecule has 0 saturated carbocycles. The van der Waals surface area contributed by atoms with E-state index in [0.29, 0.717) is 30.4 Å². The molecule has 4 aromatic rings. The van der Waals surface area contributed by atoms with Gasteiger partial charge in [0.25, 0.3) is 0 Å². The van der Waals surface area contributed by atoms with Crippen LogP contribution in [0.15, 0.2) is 107 Å². The third-order valence-corrected chi connectivity index (χ3v) is 7.58. The third kappa shape index (κ3) is 7.42. The summed E-state index contributed by atoms with van der Waals surface area (Å²) in [7, 11) is -3.84. The molecule has 0 unspecified atom stereocenters. The molecular weight excluding hydrogens is 575 g/mol. The predicted octanol–water partition coefficient (Wildman–Crippen LogP) is 5.62. The lowest BCUT2D eigenvalue weighted by molar-refractivity contribution is 0.405. The minimum absolute atomic E-state index is 0.00686. The topological polar surface area (TPSA) is 79.5 Å². The highest BCUT2D eigenvalue weighted by atomic mass is 79.9. The Bertz CT molecular complexity index is 1450. The fraction of sp³-hybridized carbons (Fsp3) is 0.111. The lowest BCUT2D eigenvalue weighted by Gasteiger charge is -2.34. The second-order valence-electron chi connectivity index (χ2n) is 8.37. The van der Waals surface area contributed by atoms with E-state index in [-0.39, 0.29) is 10.7 Å². The van der Waals surface area contributed by atoms with Gasteiger partial charge >= 0.3 is 0 Å². The minimum atomic E-state index is -3.84. The molecule has 190 valence electrons. The second kappa shape index (κ2) is 11.9. The minimum Gasteiger partial charge on any atom is -0.340 e. The summed E-state index contributed by atoms with van der Waals surface area (Å²) in [5, 5.41) is 5.81. The Labute approximate surface area is 229 Å². The summed E-state index contributed by atoms with van der Waals surface area (Å²) in [4.78, 5) is 8.07. The summed E-state index contributed by atoms with van der Waals surface area (Å²) in [5.41, 5.74) is 3.61. The summed E-state index contributed by atoms with van der Waals surface area (Å²) in [5.74, 6) is -0.329. The van der Waals surface area contributed by atoms with E-state index in [4.69, 9.17) is 17.4 Å². The van der Waals surface area contributed by atoms with Crippen molar-refractivity contribution in [1.82, 2.24) is 9.88 Å². The van der Waals surface area contributed by atoms with Crippen molar-refractivity contribution in [2.24, 2.45) is 5.14 Å². The smallest absolute Gasteiger partial charge is 0.238 e. The first-order valence-corrected chi connectivity index (χ1v) is 14.0. The Hall–Kier alpha value is -3.18. The average Bonchev–Trinajstić information content (AvgIpc) is 2.89. The van der Waals surface area contributed by atoms with Crippen LogP contribution in [0.4, 0.5) is 10.1 Å². The van der Waals surface area contributed by atoms with Crippen molar-refractivity contribution in [1.29, 1.82) is 0 Å². The summed E-state index contributed by atoms with van der Waals surface area (Å²) in [6.07, 6.45) is 3.47. The number of primary sulfonamides is 1. The molecule has 4 rings (SSSR count). The molecule has 1 heterocycles. The first-order chi connectivity index (χ1) is 17.7. The van der Waals surface area contributed by atoms with Gasteiger partial charge in [-0.3, -0.25) is 4.98 Å². The van der Waals surface area contributed by atoms with E-state index in [1.807, 2.05) is 41.3 Å². The number of thiocarbonyl (C=S) groups is 1. The van der Waals surface area contributed by atoms with E-state index in [1.54, 1.807) is 36.7 Å². The van der Waals surface area contributed by atoms with Gasteiger partial charge in [0.15, 0.2) is 5.11 Å². The number of halogens is 2. The third-order valence-electron chi connectivity index (χ3n) is 5.64. The average molecular weight is 600 g/mol. The zero-order valence-corrected chi connectivity index (χ0v) is 22.9. The number of hydrogen-bond acceptors (Lipinski definition) is 4. The van der Waals surface area contributed by atoms with Gasteiger partial charge < -0.3 is 9.80 Å². The van der Waals surface area contributed by atoms with Gasteiger partial charge in [-0.15, -0.1) is 0 Å².